The Morgan fingerprint density at radius 2 is 2.06 bits per heavy atom. The summed E-state index contributed by atoms with van der Waals surface area (Å²) in [5, 5.41) is 13.1. The molecule has 18 heavy (non-hydrogen) atoms. The molecule has 0 fully saturated rings. The van der Waals surface area contributed by atoms with E-state index >= 15 is 0 Å². The first-order valence-electron chi connectivity index (χ1n) is 5.75. The first-order valence-corrected chi connectivity index (χ1v) is 5.75. The number of aromatic nitrogens is 2. The summed E-state index contributed by atoms with van der Waals surface area (Å²) in [5.74, 6) is -0.549. The summed E-state index contributed by atoms with van der Waals surface area (Å²) in [4.78, 5) is 10.7. The molecule has 0 radical (unpaired) electrons. The predicted molar refractivity (Wildman–Crippen MR) is 69.1 cm³/mol. The molecule has 5 nitrogen and oxygen atoms in total. The summed E-state index contributed by atoms with van der Waals surface area (Å²) >= 11 is 0. The number of hydrogen-bond acceptors (Lipinski definition) is 3. The van der Waals surface area contributed by atoms with Crippen LogP contribution in [-0.4, -0.2) is 20.9 Å². The molecule has 0 aliphatic rings. The zero-order valence-electron chi connectivity index (χ0n) is 10.1. The van der Waals surface area contributed by atoms with E-state index in [2.05, 4.69) is 5.10 Å². The van der Waals surface area contributed by atoms with Crippen LogP contribution in [0.1, 0.15) is 12.6 Å². The Balaban J connectivity index is 2.53. The molecular weight excluding hydrogens is 230 g/mol. The number of nitrogen functional groups attached to an aromatic ring is 1. The molecule has 2 aromatic rings. The Morgan fingerprint density at radius 3 is 2.61 bits per heavy atom. The number of carbonyl (C=O) groups is 1. The second-order valence-corrected chi connectivity index (χ2v) is 3.98. The second-order valence-electron chi connectivity index (χ2n) is 3.98. The van der Waals surface area contributed by atoms with Crippen molar-refractivity contribution in [2.24, 2.45) is 0 Å². The number of anilines is 1. The molecule has 0 saturated heterocycles. The van der Waals surface area contributed by atoms with Crippen molar-refractivity contribution in [3.05, 3.63) is 36.0 Å². The van der Waals surface area contributed by atoms with Crippen LogP contribution >= 0.6 is 0 Å². The summed E-state index contributed by atoms with van der Waals surface area (Å²) < 4.78 is 1.34. The monoisotopic (exact) mass is 245 g/mol. The molecule has 5 heteroatoms. The quantitative estimate of drug-likeness (QED) is 0.860. The summed E-state index contributed by atoms with van der Waals surface area (Å²) in [5.41, 5.74) is 8.61. The minimum atomic E-state index is -0.952. The maximum atomic E-state index is 10.7. The van der Waals surface area contributed by atoms with Crippen LogP contribution in [0.5, 0.6) is 0 Å². The lowest BCUT2D eigenvalue weighted by Gasteiger charge is -2.03. The number of aryl methyl sites for hydroxylation is 1. The largest absolute Gasteiger partial charge is 0.480 e. The van der Waals surface area contributed by atoms with Gasteiger partial charge in [0.1, 0.15) is 12.4 Å². The Labute approximate surface area is 105 Å². The van der Waals surface area contributed by atoms with Crippen molar-refractivity contribution < 1.29 is 9.90 Å². The molecule has 0 aliphatic carbocycles. The maximum Gasteiger partial charge on any atom is 0.325 e. The summed E-state index contributed by atoms with van der Waals surface area (Å²) in [6.07, 6.45) is 0.709. The van der Waals surface area contributed by atoms with Gasteiger partial charge in [-0.05, 0) is 12.0 Å². The average Bonchev–Trinajstić information content (AvgIpc) is 2.66. The fourth-order valence-corrected chi connectivity index (χ4v) is 1.94. The van der Waals surface area contributed by atoms with Gasteiger partial charge in [-0.2, -0.15) is 5.10 Å². The highest BCUT2D eigenvalue weighted by molar-refractivity contribution is 5.78. The molecule has 1 aromatic heterocycles. The van der Waals surface area contributed by atoms with Gasteiger partial charge in [0.05, 0.1) is 5.69 Å². The maximum absolute atomic E-state index is 10.7. The van der Waals surface area contributed by atoms with Crippen LogP contribution in [0.4, 0.5) is 5.82 Å². The van der Waals surface area contributed by atoms with Crippen molar-refractivity contribution in [2.45, 2.75) is 19.9 Å². The van der Waals surface area contributed by atoms with E-state index < -0.39 is 5.97 Å². The molecule has 0 amide bonds. The lowest BCUT2D eigenvalue weighted by atomic mass is 10.0. The Morgan fingerprint density at radius 1 is 1.39 bits per heavy atom. The number of nitrogens with zero attached hydrogens (tertiary/aromatic N) is 2. The number of carboxylic acid groups (broad SMARTS) is 1. The highest BCUT2D eigenvalue weighted by atomic mass is 16.4. The van der Waals surface area contributed by atoms with Crippen LogP contribution < -0.4 is 5.73 Å². The molecular formula is C13H15N3O2. The van der Waals surface area contributed by atoms with Gasteiger partial charge >= 0.3 is 5.97 Å². The average molecular weight is 245 g/mol. The first-order chi connectivity index (χ1) is 8.63. The van der Waals surface area contributed by atoms with Crippen LogP contribution in [0.15, 0.2) is 30.3 Å². The van der Waals surface area contributed by atoms with E-state index in [9.17, 15) is 4.79 Å². The molecule has 0 spiro atoms. The predicted octanol–water partition coefficient (Wildman–Crippen LogP) is 1.78. The molecule has 2 rings (SSSR count). The molecule has 0 unspecified atom stereocenters. The highest BCUT2D eigenvalue weighted by Crippen LogP contribution is 2.29. The molecule has 3 N–H and O–H groups in total. The van der Waals surface area contributed by atoms with Crippen LogP contribution in [0, 0.1) is 0 Å². The fraction of sp³-hybridized carbons (Fsp3) is 0.231. The van der Waals surface area contributed by atoms with Gasteiger partial charge in [0, 0.05) is 5.56 Å². The molecule has 1 heterocycles. The van der Waals surface area contributed by atoms with Gasteiger partial charge in [-0.3, -0.25) is 4.79 Å². The van der Waals surface area contributed by atoms with Gasteiger partial charge in [0.2, 0.25) is 0 Å². The van der Waals surface area contributed by atoms with Crippen LogP contribution in [-0.2, 0) is 17.8 Å². The topological polar surface area (TPSA) is 81.1 Å². The number of nitrogens with two attached hydrogens (primary N) is 1. The lowest BCUT2D eigenvalue weighted by Crippen LogP contribution is -2.12. The highest BCUT2D eigenvalue weighted by Gasteiger charge is 2.17. The van der Waals surface area contributed by atoms with Crippen LogP contribution in [0.2, 0.25) is 0 Å². The molecule has 0 atom stereocenters. The van der Waals surface area contributed by atoms with Crippen molar-refractivity contribution in [2.75, 3.05) is 5.73 Å². The Kier molecular flexibility index (Phi) is 3.32. The smallest absolute Gasteiger partial charge is 0.325 e. The zero-order chi connectivity index (χ0) is 13.1. The summed E-state index contributed by atoms with van der Waals surface area (Å²) in [6, 6.07) is 9.65. The Bertz CT molecular complexity index is 561. The van der Waals surface area contributed by atoms with Gasteiger partial charge < -0.3 is 10.8 Å². The standard InChI is InChI=1S/C13H15N3O2/c1-2-10-12(9-6-4-3-5-7-9)13(14)16(15-10)8-11(17)18/h3-7H,2,8,14H2,1H3,(H,17,18). The number of benzene rings is 1. The van der Waals surface area contributed by atoms with Gasteiger partial charge in [0.25, 0.3) is 0 Å². The lowest BCUT2D eigenvalue weighted by molar-refractivity contribution is -0.137. The van der Waals surface area contributed by atoms with Gasteiger partial charge in [0.15, 0.2) is 0 Å². The van der Waals surface area contributed by atoms with E-state index in [1.165, 1.54) is 4.68 Å². The van der Waals surface area contributed by atoms with Crippen molar-refractivity contribution in [3.8, 4) is 11.1 Å². The number of hydrogen-bond donors (Lipinski definition) is 2. The Hall–Kier alpha value is -2.30. The van der Waals surface area contributed by atoms with Gasteiger partial charge in [-0.25, -0.2) is 4.68 Å². The fourth-order valence-electron chi connectivity index (χ4n) is 1.94. The first kappa shape index (κ1) is 12.2. The molecule has 0 bridgehead atoms. The van der Waals surface area contributed by atoms with Crippen molar-refractivity contribution in [1.29, 1.82) is 0 Å². The SMILES string of the molecule is CCc1nn(CC(=O)O)c(N)c1-c1ccccc1. The van der Waals surface area contributed by atoms with E-state index in [0.717, 1.165) is 16.8 Å². The van der Waals surface area contributed by atoms with E-state index in [-0.39, 0.29) is 6.54 Å². The van der Waals surface area contributed by atoms with Crippen molar-refractivity contribution in [1.82, 2.24) is 9.78 Å². The molecule has 94 valence electrons. The van der Waals surface area contributed by atoms with E-state index in [1.807, 2.05) is 37.3 Å². The third-order valence-electron chi connectivity index (χ3n) is 2.75. The second kappa shape index (κ2) is 4.91. The van der Waals surface area contributed by atoms with E-state index in [4.69, 9.17) is 10.8 Å². The molecule has 1 aromatic carbocycles. The molecule has 0 aliphatic heterocycles. The number of aliphatic carboxylic acids is 1. The third-order valence-corrected chi connectivity index (χ3v) is 2.75. The van der Waals surface area contributed by atoms with Crippen LogP contribution in [0.3, 0.4) is 0 Å². The molecule has 0 saturated carbocycles. The van der Waals surface area contributed by atoms with Gasteiger partial charge in [-0.1, -0.05) is 37.3 Å². The van der Waals surface area contributed by atoms with Crippen molar-refractivity contribution in [3.63, 3.8) is 0 Å². The van der Waals surface area contributed by atoms with Crippen molar-refractivity contribution >= 4 is 11.8 Å². The summed E-state index contributed by atoms with van der Waals surface area (Å²) in [6.45, 7) is 1.75. The minimum Gasteiger partial charge on any atom is -0.480 e. The van der Waals surface area contributed by atoms with Gasteiger partial charge in [-0.15, -0.1) is 0 Å². The zero-order valence-corrected chi connectivity index (χ0v) is 10.1. The van der Waals surface area contributed by atoms with E-state index in [1.54, 1.807) is 0 Å². The summed E-state index contributed by atoms with van der Waals surface area (Å²) in [7, 11) is 0. The minimum absolute atomic E-state index is 0.217. The number of rotatable bonds is 4. The van der Waals surface area contributed by atoms with Crippen LogP contribution in [0.25, 0.3) is 11.1 Å². The normalized spacial score (nSPS) is 10.5. The third kappa shape index (κ3) is 2.20. The van der Waals surface area contributed by atoms with E-state index in [0.29, 0.717) is 12.2 Å². The number of carboxylic acids is 1.